The highest BCUT2D eigenvalue weighted by Gasteiger charge is 2.32. The van der Waals surface area contributed by atoms with Gasteiger partial charge in [-0.05, 0) is 5.56 Å². The highest BCUT2D eigenvalue weighted by molar-refractivity contribution is 7.91. The fourth-order valence-corrected chi connectivity index (χ4v) is 5.51. The fraction of sp³-hybridized carbons (Fsp3) is 0.273. The van der Waals surface area contributed by atoms with E-state index in [1.165, 1.54) is 11.3 Å². The average Bonchev–Trinajstić information content (AvgIpc) is 3.24. The number of carbonyl (C=O) groups excluding carboxylic acids is 1. The number of hydrogen-bond acceptors (Lipinski definition) is 6. The van der Waals surface area contributed by atoms with Gasteiger partial charge < -0.3 is 5.32 Å². The van der Waals surface area contributed by atoms with E-state index in [-0.39, 0.29) is 17.4 Å². The lowest BCUT2D eigenvalue weighted by molar-refractivity contribution is -0.126. The number of amides is 1. The van der Waals surface area contributed by atoms with Gasteiger partial charge in [-0.25, -0.2) is 13.4 Å². The molecule has 1 amide bonds. The van der Waals surface area contributed by atoms with Crippen LogP contribution in [0.4, 0.5) is 0 Å². The van der Waals surface area contributed by atoms with Gasteiger partial charge in [-0.15, -0.1) is 11.3 Å². The molecule has 1 unspecified atom stereocenters. The van der Waals surface area contributed by atoms with Crippen LogP contribution in [0.1, 0.15) is 16.6 Å². The molecule has 3 aromatic rings. The topological polar surface area (TPSA) is 79.4 Å². The van der Waals surface area contributed by atoms with Crippen molar-refractivity contribution in [3.8, 4) is 11.3 Å². The van der Waals surface area contributed by atoms with E-state index in [0.717, 1.165) is 21.8 Å². The molecule has 0 bridgehead atoms. The molecule has 8 heteroatoms. The molecule has 1 N–H and O–H groups in total. The maximum Gasteiger partial charge on any atom is 0.242 e. The molecule has 1 aliphatic heterocycles. The number of nitrogens with zero attached hydrogens (tertiary/aromatic N) is 2. The van der Waals surface area contributed by atoms with Gasteiger partial charge in [0.05, 0.1) is 23.7 Å². The summed E-state index contributed by atoms with van der Waals surface area (Å²) in [5.74, 6) is 0.0181. The van der Waals surface area contributed by atoms with Gasteiger partial charge in [0.1, 0.15) is 11.0 Å². The molecule has 1 aromatic heterocycles. The summed E-state index contributed by atoms with van der Waals surface area (Å²) in [7, 11) is -3.02. The number of carbonyl (C=O) groups is 1. The first-order valence-electron chi connectivity index (χ1n) is 9.79. The zero-order valence-corrected chi connectivity index (χ0v) is 18.0. The Kier molecular flexibility index (Phi) is 6.26. The fourth-order valence-electron chi connectivity index (χ4n) is 3.54. The average molecular weight is 442 g/mol. The third-order valence-corrected chi connectivity index (χ3v) is 7.60. The first kappa shape index (κ1) is 20.7. The third-order valence-electron chi connectivity index (χ3n) is 5.14. The first-order valence-corrected chi connectivity index (χ1v) is 12.5. The highest BCUT2D eigenvalue weighted by atomic mass is 32.2. The molecule has 2 aromatic carbocycles. The van der Waals surface area contributed by atoms with Gasteiger partial charge in [0.15, 0.2) is 9.84 Å². The minimum absolute atomic E-state index is 0.0799. The number of sulfone groups is 1. The molecule has 1 saturated heterocycles. The maximum atomic E-state index is 13.1. The van der Waals surface area contributed by atoms with Gasteiger partial charge in [-0.1, -0.05) is 60.7 Å². The van der Waals surface area contributed by atoms with E-state index in [4.69, 9.17) is 0 Å². The Balaban J connectivity index is 1.47. The lowest BCUT2D eigenvalue weighted by Gasteiger charge is -2.33. The van der Waals surface area contributed by atoms with Crippen LogP contribution in [0.25, 0.3) is 11.3 Å². The first-order chi connectivity index (χ1) is 14.5. The van der Waals surface area contributed by atoms with E-state index in [2.05, 4.69) is 10.3 Å². The number of nitrogens with one attached hydrogen (secondary N) is 1. The second-order valence-electron chi connectivity index (χ2n) is 7.21. The van der Waals surface area contributed by atoms with Crippen molar-refractivity contribution < 1.29 is 13.2 Å². The van der Waals surface area contributed by atoms with Crippen LogP contribution in [0.5, 0.6) is 0 Å². The van der Waals surface area contributed by atoms with Crippen LogP contribution in [0.3, 0.4) is 0 Å². The van der Waals surface area contributed by atoms with Crippen molar-refractivity contribution >= 4 is 27.1 Å². The van der Waals surface area contributed by atoms with Crippen molar-refractivity contribution in [2.75, 3.05) is 24.6 Å². The van der Waals surface area contributed by atoms with Gasteiger partial charge in [-0.2, -0.15) is 0 Å². The van der Waals surface area contributed by atoms with Crippen molar-refractivity contribution in [1.29, 1.82) is 0 Å². The predicted octanol–water partition coefficient (Wildman–Crippen LogP) is 2.90. The second kappa shape index (κ2) is 9.07. The van der Waals surface area contributed by atoms with E-state index in [9.17, 15) is 13.2 Å². The molecule has 1 fully saturated rings. The molecule has 1 atom stereocenters. The zero-order chi connectivity index (χ0) is 21.0. The molecular formula is C22H23N3O3S2. The van der Waals surface area contributed by atoms with Gasteiger partial charge in [0.2, 0.25) is 5.91 Å². The van der Waals surface area contributed by atoms with Crippen LogP contribution in [-0.4, -0.2) is 48.8 Å². The molecule has 6 nitrogen and oxygen atoms in total. The van der Waals surface area contributed by atoms with Crippen molar-refractivity contribution in [1.82, 2.24) is 15.2 Å². The number of rotatable bonds is 6. The third kappa shape index (κ3) is 4.95. The summed E-state index contributed by atoms with van der Waals surface area (Å²) in [6.07, 6.45) is 0. The minimum Gasteiger partial charge on any atom is -0.348 e. The zero-order valence-electron chi connectivity index (χ0n) is 16.4. The Morgan fingerprint density at radius 3 is 2.33 bits per heavy atom. The molecular weight excluding hydrogens is 418 g/mol. The van der Waals surface area contributed by atoms with E-state index < -0.39 is 15.9 Å². The largest absolute Gasteiger partial charge is 0.348 e. The molecule has 0 spiro atoms. The summed E-state index contributed by atoms with van der Waals surface area (Å²) < 4.78 is 23.6. The second-order valence-corrected chi connectivity index (χ2v) is 10.5. The van der Waals surface area contributed by atoms with Gasteiger partial charge in [-0.3, -0.25) is 9.69 Å². The summed E-state index contributed by atoms with van der Waals surface area (Å²) in [6, 6.07) is 18.9. The minimum atomic E-state index is -3.02. The Morgan fingerprint density at radius 1 is 1.03 bits per heavy atom. The standard InChI is InChI=1S/C22H23N3O3S2/c26-22(23-15-20-24-19(16-29-20)17-7-3-1-4-8-17)21(18-9-5-2-6-10-18)25-11-13-30(27,28)14-12-25/h1-10,16,21H,11-15H2,(H,23,26). The summed E-state index contributed by atoms with van der Waals surface area (Å²) in [4.78, 5) is 19.7. The monoisotopic (exact) mass is 441 g/mol. The molecule has 2 heterocycles. The van der Waals surface area contributed by atoms with Crippen LogP contribution < -0.4 is 5.32 Å². The van der Waals surface area contributed by atoms with E-state index in [1.54, 1.807) is 0 Å². The van der Waals surface area contributed by atoms with Gasteiger partial charge in [0.25, 0.3) is 0 Å². The smallest absolute Gasteiger partial charge is 0.242 e. The lowest BCUT2D eigenvalue weighted by Crippen LogP contribution is -2.47. The lowest BCUT2D eigenvalue weighted by atomic mass is 10.0. The van der Waals surface area contributed by atoms with E-state index in [0.29, 0.717) is 19.6 Å². The quantitative estimate of drug-likeness (QED) is 0.636. The normalized spacial score (nSPS) is 17.3. The number of aromatic nitrogens is 1. The van der Waals surface area contributed by atoms with Crippen molar-refractivity contribution in [2.24, 2.45) is 0 Å². The van der Waals surface area contributed by atoms with Gasteiger partial charge >= 0.3 is 0 Å². The molecule has 156 valence electrons. The van der Waals surface area contributed by atoms with Crippen molar-refractivity contribution in [2.45, 2.75) is 12.6 Å². The van der Waals surface area contributed by atoms with E-state index >= 15 is 0 Å². The summed E-state index contributed by atoms with van der Waals surface area (Å²) in [6.45, 7) is 1.04. The SMILES string of the molecule is O=C(NCc1nc(-c2ccccc2)cs1)C(c1ccccc1)N1CCS(=O)(=O)CC1. The van der Waals surface area contributed by atoms with Crippen LogP contribution in [0.15, 0.2) is 66.0 Å². The molecule has 0 aliphatic carbocycles. The molecule has 0 radical (unpaired) electrons. The molecule has 4 rings (SSSR count). The summed E-state index contributed by atoms with van der Waals surface area (Å²) >= 11 is 1.51. The van der Waals surface area contributed by atoms with Gasteiger partial charge in [0, 0.05) is 24.0 Å². The Hall–Kier alpha value is -2.55. The molecule has 30 heavy (non-hydrogen) atoms. The Bertz CT molecular complexity index is 1080. The van der Waals surface area contributed by atoms with Crippen molar-refractivity contribution in [3.63, 3.8) is 0 Å². The molecule has 1 aliphatic rings. The Morgan fingerprint density at radius 2 is 1.67 bits per heavy atom. The predicted molar refractivity (Wildman–Crippen MR) is 119 cm³/mol. The van der Waals surface area contributed by atoms with Crippen LogP contribution >= 0.6 is 11.3 Å². The van der Waals surface area contributed by atoms with Crippen LogP contribution in [0, 0.1) is 0 Å². The van der Waals surface area contributed by atoms with Crippen LogP contribution in [0.2, 0.25) is 0 Å². The number of hydrogen-bond donors (Lipinski definition) is 1. The number of benzene rings is 2. The maximum absolute atomic E-state index is 13.1. The number of thiazole rings is 1. The van der Waals surface area contributed by atoms with Crippen molar-refractivity contribution in [3.05, 3.63) is 76.6 Å². The van der Waals surface area contributed by atoms with Crippen LogP contribution in [-0.2, 0) is 21.2 Å². The summed E-state index contributed by atoms with van der Waals surface area (Å²) in [5, 5.41) is 5.81. The Labute approximate surface area is 180 Å². The highest BCUT2D eigenvalue weighted by Crippen LogP contribution is 2.24. The summed E-state index contributed by atoms with van der Waals surface area (Å²) in [5.41, 5.74) is 2.80. The molecule has 0 saturated carbocycles. The van der Waals surface area contributed by atoms with E-state index in [1.807, 2.05) is 70.9 Å².